The van der Waals surface area contributed by atoms with E-state index in [0.717, 1.165) is 25.9 Å². The van der Waals surface area contributed by atoms with Crippen LogP contribution in [0.1, 0.15) is 52.6 Å². The van der Waals surface area contributed by atoms with E-state index >= 15 is 13.2 Å². The lowest BCUT2D eigenvalue weighted by molar-refractivity contribution is -0.185. The second-order valence-corrected chi connectivity index (χ2v) is 15.6. The van der Waals surface area contributed by atoms with Crippen LogP contribution < -0.4 is 16.0 Å². The molecular weight excluding hydrogens is 765 g/mol. The van der Waals surface area contributed by atoms with Crippen LogP contribution in [0.2, 0.25) is 0 Å². The Hall–Kier alpha value is -4.05. The van der Waals surface area contributed by atoms with Gasteiger partial charge in [-0.1, -0.05) is 36.4 Å². The first kappa shape index (κ1) is 44.1. The van der Waals surface area contributed by atoms with Gasteiger partial charge in [-0.05, 0) is 136 Å². The van der Waals surface area contributed by atoms with E-state index in [4.69, 9.17) is 4.84 Å². The average molecular weight is 817 g/mol. The fourth-order valence-electron chi connectivity index (χ4n) is 8.50. The highest BCUT2D eigenvalue weighted by atomic mass is 35.5. The third kappa shape index (κ3) is 11.8. The summed E-state index contributed by atoms with van der Waals surface area (Å²) in [5.74, 6) is -6.89. The largest absolute Gasteiger partial charge is 0.481 e. The summed E-state index contributed by atoms with van der Waals surface area (Å²) in [6.07, 6.45) is 2.51. The van der Waals surface area contributed by atoms with Crippen LogP contribution in [0, 0.1) is 53.0 Å². The van der Waals surface area contributed by atoms with Crippen molar-refractivity contribution in [3.05, 3.63) is 105 Å². The van der Waals surface area contributed by atoms with Crippen molar-refractivity contribution in [3.63, 3.8) is 0 Å². The van der Waals surface area contributed by atoms with Crippen molar-refractivity contribution in [3.8, 4) is 0 Å². The highest BCUT2D eigenvalue weighted by Gasteiger charge is 2.33. The van der Waals surface area contributed by atoms with Crippen LogP contribution >= 0.6 is 12.4 Å². The number of hydrogen-bond acceptors (Lipinski definition) is 8. The molecule has 3 aromatic rings. The van der Waals surface area contributed by atoms with Gasteiger partial charge in [-0.3, -0.25) is 19.2 Å². The quantitative estimate of drug-likeness (QED) is 0.0882. The Morgan fingerprint density at radius 1 is 0.596 bits per heavy atom. The van der Waals surface area contributed by atoms with Gasteiger partial charge in [-0.25, -0.2) is 13.2 Å². The van der Waals surface area contributed by atoms with Crippen molar-refractivity contribution < 1.29 is 47.7 Å². The van der Waals surface area contributed by atoms with E-state index in [1.54, 1.807) is 30.3 Å². The van der Waals surface area contributed by atoms with Crippen LogP contribution in [0.15, 0.2) is 54.6 Å². The molecule has 310 valence electrons. The fourth-order valence-corrected chi connectivity index (χ4v) is 8.50. The molecule has 3 aliphatic rings. The number of aliphatic carboxylic acids is 3. The summed E-state index contributed by atoms with van der Waals surface area (Å²) in [5.41, 5.74) is 2.42. The maximum atomic E-state index is 15.5. The summed E-state index contributed by atoms with van der Waals surface area (Å²) >= 11 is 0. The van der Waals surface area contributed by atoms with Gasteiger partial charge in [0, 0.05) is 17.7 Å². The Balaban J connectivity index is 0.00000620. The molecule has 6 N–H and O–H groups in total. The topological polar surface area (TPSA) is 160 Å². The smallest absolute Gasteiger partial charge is 0.307 e. The number of carbonyl (C=O) groups is 3. The summed E-state index contributed by atoms with van der Waals surface area (Å²) in [4.78, 5) is 42.8. The third-order valence-corrected chi connectivity index (χ3v) is 11.7. The Morgan fingerprint density at radius 2 is 1.00 bits per heavy atom. The van der Waals surface area contributed by atoms with Gasteiger partial charge < -0.3 is 31.3 Å². The van der Waals surface area contributed by atoms with Crippen molar-refractivity contribution in [2.75, 3.05) is 39.3 Å². The molecule has 0 bridgehead atoms. The summed E-state index contributed by atoms with van der Waals surface area (Å²) in [7, 11) is 0. The molecule has 11 nitrogen and oxygen atoms in total. The van der Waals surface area contributed by atoms with Crippen molar-refractivity contribution in [1.29, 1.82) is 0 Å². The normalized spacial score (nSPS) is 20.9. The van der Waals surface area contributed by atoms with Gasteiger partial charge in [0.15, 0.2) is 0 Å². The number of hydroxylamine groups is 2. The van der Waals surface area contributed by atoms with Gasteiger partial charge in [0.05, 0.1) is 30.9 Å². The van der Waals surface area contributed by atoms with Gasteiger partial charge in [-0.15, -0.1) is 12.4 Å². The first-order valence-electron chi connectivity index (χ1n) is 19.5. The van der Waals surface area contributed by atoms with Crippen LogP contribution in [0.5, 0.6) is 0 Å². The number of carboxylic acids is 3. The number of carboxylic acid groups (broad SMARTS) is 3. The second kappa shape index (κ2) is 20.6. The SMILES string of the molecule is Cl.O=C(O)[C@@H](Cc1ccc(F)c(CON(Cc2ccc(F)c(C[C@H](C(=O)O)[C@H]3CCNC3)c2)Cc2cc(C[C@H](C(=O)O)[C@H]3CCNC3)ccc2F)c1)[C@H]1CCNC1. The van der Waals surface area contributed by atoms with E-state index in [-0.39, 0.29) is 85.8 Å². The molecule has 3 saturated heterocycles. The summed E-state index contributed by atoms with van der Waals surface area (Å²) in [6.45, 7) is 3.43. The molecule has 0 radical (unpaired) electrons. The zero-order valence-electron chi connectivity index (χ0n) is 31.7. The summed E-state index contributed by atoms with van der Waals surface area (Å²) < 4.78 is 46.0. The van der Waals surface area contributed by atoms with E-state index in [9.17, 15) is 29.7 Å². The molecule has 3 fully saturated rings. The Morgan fingerprint density at radius 3 is 1.46 bits per heavy atom. The van der Waals surface area contributed by atoms with Gasteiger partial charge in [-0.2, -0.15) is 5.06 Å². The lowest BCUT2D eigenvalue weighted by Crippen LogP contribution is -2.28. The maximum Gasteiger partial charge on any atom is 0.307 e. The van der Waals surface area contributed by atoms with E-state index in [1.807, 2.05) is 0 Å². The molecule has 0 aliphatic carbocycles. The average Bonchev–Trinajstić information content (AvgIpc) is 3.99. The van der Waals surface area contributed by atoms with Crippen molar-refractivity contribution >= 4 is 30.3 Å². The molecule has 0 aromatic heterocycles. The minimum atomic E-state index is -1.00. The van der Waals surface area contributed by atoms with Crippen LogP contribution in [-0.4, -0.2) is 77.6 Å². The monoisotopic (exact) mass is 816 g/mol. The highest BCUT2D eigenvalue weighted by Crippen LogP contribution is 2.29. The zero-order valence-corrected chi connectivity index (χ0v) is 32.5. The first-order chi connectivity index (χ1) is 26.9. The number of hydrogen-bond donors (Lipinski definition) is 6. The summed E-state index contributed by atoms with van der Waals surface area (Å²) in [5, 5.41) is 41.0. The fraction of sp³-hybridized carbons (Fsp3) is 0.500. The Bertz CT molecular complexity index is 1850. The Kier molecular flexibility index (Phi) is 15.9. The molecule has 6 atom stereocenters. The van der Waals surface area contributed by atoms with E-state index in [2.05, 4.69) is 16.0 Å². The Labute approximate surface area is 336 Å². The van der Waals surface area contributed by atoms with Gasteiger partial charge in [0.2, 0.25) is 0 Å². The molecular formula is C42H52ClF3N4O7. The minimum absolute atomic E-state index is 0. The van der Waals surface area contributed by atoms with Crippen molar-refractivity contribution in [1.82, 2.24) is 21.0 Å². The van der Waals surface area contributed by atoms with E-state index in [0.29, 0.717) is 49.3 Å². The number of benzene rings is 3. The zero-order chi connectivity index (χ0) is 39.8. The van der Waals surface area contributed by atoms with Crippen LogP contribution in [-0.2, 0) is 58.2 Å². The van der Waals surface area contributed by atoms with E-state index < -0.39 is 53.1 Å². The molecule has 3 aliphatic heterocycles. The molecule has 3 aromatic carbocycles. The molecule has 3 heterocycles. The molecule has 0 saturated carbocycles. The van der Waals surface area contributed by atoms with Gasteiger partial charge >= 0.3 is 17.9 Å². The van der Waals surface area contributed by atoms with Crippen LogP contribution in [0.3, 0.4) is 0 Å². The van der Waals surface area contributed by atoms with E-state index in [1.165, 1.54) is 29.3 Å². The third-order valence-electron chi connectivity index (χ3n) is 11.7. The molecule has 0 unspecified atom stereocenters. The first-order valence-corrected chi connectivity index (χ1v) is 19.5. The van der Waals surface area contributed by atoms with Crippen LogP contribution in [0.25, 0.3) is 0 Å². The number of halogens is 4. The lowest BCUT2D eigenvalue weighted by atomic mass is 9.85. The standard InChI is InChI=1S/C42H51F3N4O7.ClH/c43-37-6-3-27(15-31(37)18-36(42(54)55)30-9-12-48-21-30)22-49(23-32-13-25(1-4-38(32)44)16-34(40(50)51)28-7-10-46-19-28)56-24-33-14-26(2-5-39(33)45)17-35(41(52)53)29-8-11-47-20-29;/h1-6,13-15,28-30,34-36,46-48H,7-12,16-24H2,(H,50,51)(H,52,53)(H,54,55);1H/t28-,29-,30-,34-,35-,36-;/m0./s1. The number of rotatable bonds is 19. The lowest BCUT2D eigenvalue weighted by Gasteiger charge is -2.24. The van der Waals surface area contributed by atoms with Crippen LogP contribution in [0.4, 0.5) is 13.2 Å². The van der Waals surface area contributed by atoms with Crippen molar-refractivity contribution in [2.24, 2.45) is 35.5 Å². The molecule has 15 heteroatoms. The van der Waals surface area contributed by atoms with Gasteiger partial charge in [0.25, 0.3) is 0 Å². The maximum absolute atomic E-state index is 15.5. The predicted octanol–water partition coefficient (Wildman–Crippen LogP) is 5.22. The molecule has 0 spiro atoms. The molecule has 6 rings (SSSR count). The summed E-state index contributed by atoms with van der Waals surface area (Å²) in [6, 6.07) is 13.3. The predicted molar refractivity (Wildman–Crippen MR) is 208 cm³/mol. The highest BCUT2D eigenvalue weighted by molar-refractivity contribution is 5.85. The molecule has 0 amide bonds. The second-order valence-electron chi connectivity index (χ2n) is 15.6. The van der Waals surface area contributed by atoms with Crippen molar-refractivity contribution in [2.45, 2.75) is 58.2 Å². The van der Waals surface area contributed by atoms with Gasteiger partial charge in [0.1, 0.15) is 17.5 Å². The number of nitrogens with zero attached hydrogens (tertiary/aromatic N) is 1. The molecule has 57 heavy (non-hydrogen) atoms. The minimum Gasteiger partial charge on any atom is -0.481 e. The number of nitrogens with one attached hydrogen (secondary N) is 3.